The van der Waals surface area contributed by atoms with Gasteiger partial charge >= 0.3 is 0 Å². The number of aryl methyl sites for hydroxylation is 1. The van der Waals surface area contributed by atoms with Crippen molar-refractivity contribution in [2.24, 2.45) is 5.10 Å². The number of hydrogen-bond donors (Lipinski definition) is 1. The highest BCUT2D eigenvalue weighted by Crippen LogP contribution is 2.09. The zero-order valence-corrected chi connectivity index (χ0v) is 9.52. The van der Waals surface area contributed by atoms with E-state index in [-0.39, 0.29) is 5.82 Å². The average Bonchev–Trinajstić information content (AvgIpc) is 2.32. The van der Waals surface area contributed by atoms with Gasteiger partial charge in [-0.2, -0.15) is 5.10 Å². The van der Waals surface area contributed by atoms with E-state index < -0.39 is 0 Å². The lowest BCUT2D eigenvalue weighted by atomic mass is 10.2. The molecule has 86 valence electrons. The summed E-state index contributed by atoms with van der Waals surface area (Å²) in [6.45, 7) is 2.01. The minimum atomic E-state index is -0.276. The Balaban J connectivity index is 2.06. The van der Waals surface area contributed by atoms with E-state index in [4.69, 9.17) is 0 Å². The molecule has 17 heavy (non-hydrogen) atoms. The van der Waals surface area contributed by atoms with E-state index >= 15 is 0 Å². The lowest BCUT2D eigenvalue weighted by molar-refractivity contribution is 0.626. The Morgan fingerprint density at radius 1 is 1.12 bits per heavy atom. The third-order valence-electron chi connectivity index (χ3n) is 2.32. The van der Waals surface area contributed by atoms with Gasteiger partial charge in [0.25, 0.3) is 0 Å². The van der Waals surface area contributed by atoms with Gasteiger partial charge < -0.3 is 0 Å². The van der Waals surface area contributed by atoms with Crippen LogP contribution in [0.15, 0.2) is 53.6 Å². The Morgan fingerprint density at radius 2 is 1.94 bits per heavy atom. The first-order valence-corrected chi connectivity index (χ1v) is 5.36. The zero-order valence-electron chi connectivity index (χ0n) is 9.52. The van der Waals surface area contributed by atoms with Crippen molar-refractivity contribution in [2.75, 3.05) is 5.43 Å². The first kappa shape index (κ1) is 11.3. The molecule has 0 amide bonds. The average molecular weight is 228 g/mol. The van der Waals surface area contributed by atoms with Crippen LogP contribution < -0.4 is 5.43 Å². The molecule has 0 bridgehead atoms. The SMILES string of the molecule is Cc1cccc(NN=Cc2ccccc2F)c1. The van der Waals surface area contributed by atoms with Crippen LogP contribution in [-0.4, -0.2) is 6.21 Å². The fraction of sp³-hybridized carbons (Fsp3) is 0.0714. The summed E-state index contributed by atoms with van der Waals surface area (Å²) in [5.74, 6) is -0.276. The van der Waals surface area contributed by atoms with E-state index in [0.717, 1.165) is 11.3 Å². The molecule has 1 N–H and O–H groups in total. The smallest absolute Gasteiger partial charge is 0.132 e. The molecule has 0 spiro atoms. The van der Waals surface area contributed by atoms with Crippen molar-refractivity contribution in [1.82, 2.24) is 0 Å². The number of benzene rings is 2. The molecule has 2 aromatic rings. The van der Waals surface area contributed by atoms with E-state index in [1.54, 1.807) is 18.2 Å². The van der Waals surface area contributed by atoms with Gasteiger partial charge in [-0.15, -0.1) is 0 Å². The van der Waals surface area contributed by atoms with Crippen LogP contribution >= 0.6 is 0 Å². The summed E-state index contributed by atoms with van der Waals surface area (Å²) in [5.41, 5.74) is 5.37. The van der Waals surface area contributed by atoms with Crippen molar-refractivity contribution >= 4 is 11.9 Å². The van der Waals surface area contributed by atoms with Crippen LogP contribution in [0.5, 0.6) is 0 Å². The van der Waals surface area contributed by atoms with Crippen LogP contribution in [0.1, 0.15) is 11.1 Å². The molecule has 0 heterocycles. The highest BCUT2D eigenvalue weighted by atomic mass is 19.1. The second-order valence-electron chi connectivity index (χ2n) is 3.76. The van der Waals surface area contributed by atoms with Crippen LogP contribution in [0.4, 0.5) is 10.1 Å². The van der Waals surface area contributed by atoms with Crippen molar-refractivity contribution in [3.63, 3.8) is 0 Å². The number of hydrogen-bond acceptors (Lipinski definition) is 2. The third-order valence-corrected chi connectivity index (χ3v) is 2.32. The maximum absolute atomic E-state index is 13.3. The molecule has 0 saturated heterocycles. The molecule has 0 aliphatic rings. The molecule has 0 saturated carbocycles. The molecule has 0 aliphatic heterocycles. The molecule has 2 aromatic carbocycles. The topological polar surface area (TPSA) is 24.4 Å². The fourth-order valence-electron chi connectivity index (χ4n) is 1.47. The Bertz CT molecular complexity index is 535. The number of nitrogens with one attached hydrogen (secondary N) is 1. The maximum atomic E-state index is 13.3. The van der Waals surface area contributed by atoms with Crippen molar-refractivity contribution in [3.8, 4) is 0 Å². The summed E-state index contributed by atoms with van der Waals surface area (Å²) in [5, 5.41) is 4.00. The van der Waals surface area contributed by atoms with Crippen LogP contribution in [0, 0.1) is 12.7 Å². The first-order valence-electron chi connectivity index (χ1n) is 5.36. The van der Waals surface area contributed by atoms with Gasteiger partial charge in [0.2, 0.25) is 0 Å². The van der Waals surface area contributed by atoms with Crippen molar-refractivity contribution < 1.29 is 4.39 Å². The summed E-state index contributed by atoms with van der Waals surface area (Å²) in [4.78, 5) is 0. The Labute approximate surface area is 99.8 Å². The van der Waals surface area contributed by atoms with Gasteiger partial charge in [-0.25, -0.2) is 4.39 Å². The van der Waals surface area contributed by atoms with Crippen LogP contribution in [0.3, 0.4) is 0 Å². The van der Waals surface area contributed by atoms with E-state index in [9.17, 15) is 4.39 Å². The quantitative estimate of drug-likeness (QED) is 0.630. The molecule has 0 unspecified atom stereocenters. The number of hydrazone groups is 1. The molecule has 0 aromatic heterocycles. The van der Waals surface area contributed by atoms with E-state index in [1.165, 1.54) is 12.3 Å². The minimum Gasteiger partial charge on any atom is -0.278 e. The molecule has 0 radical (unpaired) electrons. The molecule has 2 nitrogen and oxygen atoms in total. The van der Waals surface area contributed by atoms with Crippen molar-refractivity contribution in [1.29, 1.82) is 0 Å². The predicted octanol–water partition coefficient (Wildman–Crippen LogP) is 3.58. The van der Waals surface area contributed by atoms with Gasteiger partial charge in [-0.05, 0) is 30.7 Å². The fourth-order valence-corrected chi connectivity index (χ4v) is 1.47. The standard InChI is InChI=1S/C14H13FN2/c1-11-5-4-7-13(9-11)17-16-10-12-6-2-3-8-14(12)15/h2-10,17H,1H3. The Hall–Kier alpha value is -2.16. The van der Waals surface area contributed by atoms with Gasteiger partial charge in [0.05, 0.1) is 11.9 Å². The molecular formula is C14H13FN2. The maximum Gasteiger partial charge on any atom is 0.132 e. The van der Waals surface area contributed by atoms with Gasteiger partial charge in [-0.3, -0.25) is 5.43 Å². The van der Waals surface area contributed by atoms with Crippen molar-refractivity contribution in [3.05, 3.63) is 65.5 Å². The number of rotatable bonds is 3. The normalized spacial score (nSPS) is 10.7. The lowest BCUT2D eigenvalue weighted by Crippen LogP contribution is -1.92. The Kier molecular flexibility index (Phi) is 3.50. The summed E-state index contributed by atoms with van der Waals surface area (Å²) in [6, 6.07) is 14.3. The third kappa shape index (κ3) is 3.14. The van der Waals surface area contributed by atoms with E-state index in [1.807, 2.05) is 31.2 Å². The number of nitrogens with zero attached hydrogens (tertiary/aromatic N) is 1. The zero-order chi connectivity index (χ0) is 12.1. The van der Waals surface area contributed by atoms with E-state index in [2.05, 4.69) is 10.5 Å². The summed E-state index contributed by atoms with van der Waals surface area (Å²) >= 11 is 0. The van der Waals surface area contributed by atoms with Crippen molar-refractivity contribution in [2.45, 2.75) is 6.92 Å². The van der Waals surface area contributed by atoms with Gasteiger partial charge in [-0.1, -0.05) is 30.3 Å². The molecule has 0 aliphatic carbocycles. The highest BCUT2D eigenvalue weighted by Gasteiger charge is 1.95. The Morgan fingerprint density at radius 3 is 2.71 bits per heavy atom. The minimum absolute atomic E-state index is 0.276. The van der Waals surface area contributed by atoms with Gasteiger partial charge in [0.1, 0.15) is 5.82 Å². The number of halogens is 1. The second kappa shape index (κ2) is 5.25. The van der Waals surface area contributed by atoms with Gasteiger partial charge in [0.15, 0.2) is 0 Å². The first-order chi connectivity index (χ1) is 8.25. The van der Waals surface area contributed by atoms with Gasteiger partial charge in [0, 0.05) is 5.56 Å². The number of anilines is 1. The highest BCUT2D eigenvalue weighted by molar-refractivity contribution is 5.80. The molecular weight excluding hydrogens is 215 g/mol. The monoisotopic (exact) mass is 228 g/mol. The summed E-state index contributed by atoms with van der Waals surface area (Å²) in [6.07, 6.45) is 1.47. The molecule has 0 atom stereocenters. The largest absolute Gasteiger partial charge is 0.278 e. The molecule has 2 rings (SSSR count). The predicted molar refractivity (Wildman–Crippen MR) is 68.8 cm³/mol. The second-order valence-corrected chi connectivity index (χ2v) is 3.76. The van der Waals surface area contributed by atoms with E-state index in [0.29, 0.717) is 5.56 Å². The lowest BCUT2D eigenvalue weighted by Gasteiger charge is -2.01. The summed E-state index contributed by atoms with van der Waals surface area (Å²) < 4.78 is 13.3. The van der Waals surface area contributed by atoms with Crippen LogP contribution in [0.2, 0.25) is 0 Å². The molecule has 3 heteroatoms. The van der Waals surface area contributed by atoms with Crippen LogP contribution in [0.25, 0.3) is 0 Å². The van der Waals surface area contributed by atoms with Crippen LogP contribution in [-0.2, 0) is 0 Å². The molecule has 0 fully saturated rings. The summed E-state index contributed by atoms with van der Waals surface area (Å²) in [7, 11) is 0.